The molecule has 3 amide bonds. The minimum atomic E-state index is -0.535. The molecule has 0 saturated heterocycles. The maximum Gasteiger partial charge on any atom is 0.325 e. The Hall–Kier alpha value is -2.35. The molecule has 0 spiro atoms. The molecule has 140 valence electrons. The molecule has 0 fully saturated rings. The van der Waals surface area contributed by atoms with Gasteiger partial charge in [0.15, 0.2) is 5.16 Å². The van der Waals surface area contributed by atoms with Gasteiger partial charge in [0.25, 0.3) is 0 Å². The second-order valence-corrected chi connectivity index (χ2v) is 7.07. The van der Waals surface area contributed by atoms with Gasteiger partial charge < -0.3 is 9.88 Å². The van der Waals surface area contributed by atoms with Crippen LogP contribution in [0.3, 0.4) is 0 Å². The Labute approximate surface area is 158 Å². The van der Waals surface area contributed by atoms with Crippen molar-refractivity contribution in [3.05, 3.63) is 35.7 Å². The fourth-order valence-corrected chi connectivity index (χ4v) is 3.18. The molecule has 1 aromatic carbocycles. The van der Waals surface area contributed by atoms with Gasteiger partial charge in [-0.25, -0.2) is 4.79 Å². The van der Waals surface area contributed by atoms with Crippen LogP contribution in [0.25, 0.3) is 0 Å². The summed E-state index contributed by atoms with van der Waals surface area (Å²) in [5.41, 5.74) is 2.75. The van der Waals surface area contributed by atoms with Crippen LogP contribution in [0.5, 0.6) is 0 Å². The summed E-state index contributed by atoms with van der Waals surface area (Å²) in [7, 11) is 0. The number of aryl methyl sites for hydroxylation is 3. The summed E-state index contributed by atoms with van der Waals surface area (Å²) in [6.07, 6.45) is 5.00. The Balaban J connectivity index is 1.80. The number of aromatic nitrogens is 3. The van der Waals surface area contributed by atoms with E-state index >= 15 is 0 Å². The second kappa shape index (κ2) is 9.96. The Kier molecular flexibility index (Phi) is 7.65. The predicted molar refractivity (Wildman–Crippen MR) is 103 cm³/mol. The SMILES string of the molecule is CCCCCn1cnnc1SCC(=O)NC(=O)Nc1ccc(C)cc1C. The van der Waals surface area contributed by atoms with Gasteiger partial charge in [0, 0.05) is 12.2 Å². The van der Waals surface area contributed by atoms with Crippen molar-refractivity contribution in [1.82, 2.24) is 20.1 Å². The van der Waals surface area contributed by atoms with Crippen molar-refractivity contribution in [3.8, 4) is 0 Å². The number of anilines is 1. The number of hydrogen-bond acceptors (Lipinski definition) is 5. The summed E-state index contributed by atoms with van der Waals surface area (Å²) in [4.78, 5) is 24.0. The van der Waals surface area contributed by atoms with E-state index in [0.717, 1.165) is 36.9 Å². The van der Waals surface area contributed by atoms with Gasteiger partial charge in [-0.3, -0.25) is 10.1 Å². The Morgan fingerprint density at radius 2 is 2.04 bits per heavy atom. The Morgan fingerprint density at radius 1 is 1.23 bits per heavy atom. The molecule has 0 atom stereocenters. The molecule has 1 heterocycles. The number of carbonyl (C=O) groups excluding carboxylic acids is 2. The fraction of sp³-hybridized carbons (Fsp3) is 0.444. The molecule has 0 saturated carbocycles. The largest absolute Gasteiger partial charge is 0.325 e. The third kappa shape index (κ3) is 6.18. The van der Waals surface area contributed by atoms with E-state index < -0.39 is 6.03 Å². The van der Waals surface area contributed by atoms with Gasteiger partial charge in [0.2, 0.25) is 5.91 Å². The molecule has 2 N–H and O–H groups in total. The number of carbonyl (C=O) groups is 2. The van der Waals surface area contributed by atoms with Gasteiger partial charge in [-0.2, -0.15) is 0 Å². The van der Waals surface area contributed by atoms with E-state index in [1.54, 1.807) is 6.33 Å². The van der Waals surface area contributed by atoms with Gasteiger partial charge >= 0.3 is 6.03 Å². The first-order valence-electron chi connectivity index (χ1n) is 8.68. The monoisotopic (exact) mass is 375 g/mol. The Morgan fingerprint density at radius 3 is 2.77 bits per heavy atom. The highest BCUT2D eigenvalue weighted by molar-refractivity contribution is 7.99. The van der Waals surface area contributed by atoms with E-state index in [1.165, 1.54) is 11.8 Å². The molecule has 2 aromatic rings. The van der Waals surface area contributed by atoms with E-state index in [9.17, 15) is 9.59 Å². The van der Waals surface area contributed by atoms with Gasteiger partial charge in [-0.1, -0.05) is 49.2 Å². The van der Waals surface area contributed by atoms with Crippen molar-refractivity contribution < 1.29 is 9.59 Å². The zero-order valence-corrected chi connectivity index (χ0v) is 16.2. The minimum Gasteiger partial charge on any atom is -0.309 e. The molecule has 7 nitrogen and oxygen atoms in total. The van der Waals surface area contributed by atoms with Crippen LogP contribution < -0.4 is 10.6 Å². The lowest BCUT2D eigenvalue weighted by Gasteiger charge is -2.10. The van der Waals surface area contributed by atoms with E-state index in [2.05, 4.69) is 27.8 Å². The molecule has 0 aliphatic rings. The number of amides is 3. The maximum absolute atomic E-state index is 12.0. The number of thioether (sulfide) groups is 1. The van der Waals surface area contributed by atoms with Gasteiger partial charge in [0.05, 0.1) is 5.75 Å². The number of rotatable bonds is 8. The average molecular weight is 375 g/mol. The molecule has 0 bridgehead atoms. The van der Waals surface area contributed by atoms with Gasteiger partial charge in [-0.15, -0.1) is 10.2 Å². The average Bonchev–Trinajstić information content (AvgIpc) is 3.03. The van der Waals surface area contributed by atoms with Crippen molar-refractivity contribution in [1.29, 1.82) is 0 Å². The van der Waals surface area contributed by atoms with Crippen molar-refractivity contribution in [2.24, 2.45) is 0 Å². The molecular weight excluding hydrogens is 350 g/mol. The van der Waals surface area contributed by atoms with Crippen LogP contribution in [0.2, 0.25) is 0 Å². The van der Waals surface area contributed by atoms with E-state index in [4.69, 9.17) is 0 Å². The molecule has 0 unspecified atom stereocenters. The van der Waals surface area contributed by atoms with Crippen molar-refractivity contribution in [2.75, 3.05) is 11.1 Å². The lowest BCUT2D eigenvalue weighted by molar-refractivity contribution is -0.117. The van der Waals surface area contributed by atoms with Crippen LogP contribution in [0.15, 0.2) is 29.7 Å². The highest BCUT2D eigenvalue weighted by atomic mass is 32.2. The second-order valence-electron chi connectivity index (χ2n) is 6.12. The zero-order chi connectivity index (χ0) is 18.9. The fourth-order valence-electron chi connectivity index (χ4n) is 2.44. The van der Waals surface area contributed by atoms with Crippen LogP contribution in [0.4, 0.5) is 10.5 Å². The summed E-state index contributed by atoms with van der Waals surface area (Å²) in [5.74, 6) is -0.271. The maximum atomic E-state index is 12.0. The smallest absolute Gasteiger partial charge is 0.309 e. The number of unbranched alkanes of at least 4 members (excludes halogenated alkanes) is 2. The van der Waals surface area contributed by atoms with Crippen LogP contribution in [0.1, 0.15) is 37.3 Å². The van der Waals surface area contributed by atoms with E-state index in [-0.39, 0.29) is 11.7 Å². The highest BCUT2D eigenvalue weighted by Crippen LogP contribution is 2.17. The van der Waals surface area contributed by atoms with Crippen molar-refractivity contribution in [3.63, 3.8) is 0 Å². The summed E-state index contributed by atoms with van der Waals surface area (Å²) in [5, 5.41) is 13.6. The zero-order valence-electron chi connectivity index (χ0n) is 15.4. The predicted octanol–water partition coefficient (Wildman–Crippen LogP) is 3.53. The summed E-state index contributed by atoms with van der Waals surface area (Å²) in [6.45, 7) is 6.87. The van der Waals surface area contributed by atoms with E-state index in [0.29, 0.717) is 10.8 Å². The number of urea groups is 1. The molecule has 0 radical (unpaired) electrons. The highest BCUT2D eigenvalue weighted by Gasteiger charge is 2.12. The van der Waals surface area contributed by atoms with Crippen molar-refractivity contribution >= 4 is 29.4 Å². The minimum absolute atomic E-state index is 0.104. The van der Waals surface area contributed by atoms with E-state index in [1.807, 2.05) is 36.6 Å². The van der Waals surface area contributed by atoms with Crippen LogP contribution in [-0.4, -0.2) is 32.5 Å². The summed E-state index contributed by atoms with van der Waals surface area (Å²) >= 11 is 1.27. The molecule has 8 heteroatoms. The van der Waals surface area contributed by atoms with Gasteiger partial charge in [-0.05, 0) is 31.9 Å². The summed E-state index contributed by atoms with van der Waals surface area (Å²) in [6, 6.07) is 5.17. The van der Waals surface area contributed by atoms with Crippen LogP contribution in [-0.2, 0) is 11.3 Å². The number of nitrogens with one attached hydrogen (secondary N) is 2. The first-order valence-corrected chi connectivity index (χ1v) is 9.67. The topological polar surface area (TPSA) is 88.9 Å². The number of hydrogen-bond donors (Lipinski definition) is 2. The summed E-state index contributed by atoms with van der Waals surface area (Å²) < 4.78 is 1.93. The molecular formula is C18H25N5O2S. The third-order valence-corrected chi connectivity index (χ3v) is 4.78. The van der Waals surface area contributed by atoms with Crippen LogP contribution in [0, 0.1) is 13.8 Å². The third-order valence-electron chi connectivity index (χ3n) is 3.80. The molecule has 2 rings (SSSR count). The molecule has 26 heavy (non-hydrogen) atoms. The molecule has 0 aliphatic heterocycles. The van der Waals surface area contributed by atoms with Crippen LogP contribution >= 0.6 is 11.8 Å². The number of benzene rings is 1. The molecule has 1 aromatic heterocycles. The quantitative estimate of drug-likeness (QED) is 0.544. The first kappa shape index (κ1) is 20.0. The standard InChI is InChI=1S/C18H25N5O2S/c1-4-5-6-9-23-12-19-22-18(23)26-11-16(24)21-17(25)20-15-8-7-13(2)10-14(15)3/h7-8,10,12H,4-6,9,11H2,1-3H3,(H2,20,21,24,25). The molecule has 0 aliphatic carbocycles. The Bertz CT molecular complexity index is 760. The lowest BCUT2D eigenvalue weighted by atomic mass is 10.1. The van der Waals surface area contributed by atoms with Gasteiger partial charge in [0.1, 0.15) is 6.33 Å². The lowest BCUT2D eigenvalue weighted by Crippen LogP contribution is -2.35. The normalized spacial score (nSPS) is 10.6. The first-order chi connectivity index (χ1) is 12.5. The number of imide groups is 1. The number of nitrogens with zero attached hydrogens (tertiary/aromatic N) is 3. The van der Waals surface area contributed by atoms with Crippen molar-refractivity contribution in [2.45, 2.75) is 51.7 Å².